The van der Waals surface area contributed by atoms with Gasteiger partial charge in [-0.1, -0.05) is 6.07 Å². The molecular weight excluding hydrogens is 320 g/mol. The minimum atomic E-state index is -0.207. The molecular formula is C15H15BrN2O2. The summed E-state index contributed by atoms with van der Waals surface area (Å²) < 4.78 is 6.02. The number of hydrogen-bond acceptors (Lipinski definition) is 3. The number of amides is 1. The van der Waals surface area contributed by atoms with Crippen LogP contribution in [0.1, 0.15) is 15.9 Å². The van der Waals surface area contributed by atoms with E-state index in [1.165, 1.54) is 0 Å². The second-order valence-electron chi connectivity index (χ2n) is 4.37. The van der Waals surface area contributed by atoms with Crippen LogP contribution >= 0.6 is 15.9 Å². The molecule has 0 radical (unpaired) electrons. The molecule has 2 aromatic rings. The zero-order chi connectivity index (χ0) is 14.7. The maximum atomic E-state index is 12.1. The number of rotatable bonds is 3. The Morgan fingerprint density at radius 3 is 2.65 bits per heavy atom. The van der Waals surface area contributed by atoms with Gasteiger partial charge in [0, 0.05) is 23.0 Å². The van der Waals surface area contributed by atoms with E-state index >= 15 is 0 Å². The first-order valence-electron chi connectivity index (χ1n) is 6.02. The fourth-order valence-corrected chi connectivity index (χ4v) is 2.13. The zero-order valence-electron chi connectivity index (χ0n) is 11.2. The molecule has 5 heteroatoms. The molecule has 0 unspecified atom stereocenters. The van der Waals surface area contributed by atoms with Gasteiger partial charge in [-0.2, -0.15) is 0 Å². The molecule has 0 bridgehead atoms. The van der Waals surface area contributed by atoms with Gasteiger partial charge >= 0.3 is 0 Å². The third kappa shape index (κ3) is 3.11. The van der Waals surface area contributed by atoms with Crippen LogP contribution in [-0.2, 0) is 0 Å². The quantitative estimate of drug-likeness (QED) is 0.843. The number of ether oxygens (including phenoxy) is 1. The molecule has 4 nitrogen and oxygen atoms in total. The maximum absolute atomic E-state index is 12.1. The van der Waals surface area contributed by atoms with Gasteiger partial charge in [-0.05, 0) is 52.7 Å². The number of halogens is 1. The Hall–Kier alpha value is -2.01. The predicted molar refractivity (Wildman–Crippen MR) is 84.2 cm³/mol. The lowest BCUT2D eigenvalue weighted by molar-refractivity contribution is 0.102. The number of anilines is 2. The van der Waals surface area contributed by atoms with E-state index in [0.29, 0.717) is 22.7 Å². The van der Waals surface area contributed by atoms with Crippen LogP contribution in [0.4, 0.5) is 11.4 Å². The summed E-state index contributed by atoms with van der Waals surface area (Å²) in [4.78, 5) is 12.1. The highest BCUT2D eigenvalue weighted by Crippen LogP contribution is 2.28. The summed E-state index contributed by atoms with van der Waals surface area (Å²) in [6, 6.07) is 10.6. The molecule has 0 aromatic heterocycles. The van der Waals surface area contributed by atoms with Crippen LogP contribution in [0.3, 0.4) is 0 Å². The predicted octanol–water partition coefficient (Wildman–Crippen LogP) is 3.60. The van der Waals surface area contributed by atoms with Gasteiger partial charge in [-0.15, -0.1) is 0 Å². The van der Waals surface area contributed by atoms with Crippen LogP contribution in [-0.4, -0.2) is 13.0 Å². The minimum Gasteiger partial charge on any atom is -0.495 e. The normalized spacial score (nSPS) is 10.2. The largest absolute Gasteiger partial charge is 0.495 e. The standard InChI is InChI=1S/C15H15BrN2O2/c1-9-3-4-10(7-13(9)17)15(19)18-11-5-6-12(16)14(8-11)20-2/h3-8H,17H2,1-2H3,(H,18,19). The number of carbonyl (C=O) groups excluding carboxylic acids is 1. The third-order valence-corrected chi connectivity index (χ3v) is 3.61. The average molecular weight is 335 g/mol. The van der Waals surface area contributed by atoms with E-state index in [4.69, 9.17) is 10.5 Å². The van der Waals surface area contributed by atoms with Gasteiger partial charge in [0.2, 0.25) is 0 Å². The van der Waals surface area contributed by atoms with Gasteiger partial charge in [-0.25, -0.2) is 0 Å². The number of nitrogen functional groups attached to an aromatic ring is 1. The fraction of sp³-hybridized carbons (Fsp3) is 0.133. The van der Waals surface area contributed by atoms with Crippen molar-refractivity contribution in [1.82, 2.24) is 0 Å². The molecule has 0 heterocycles. The molecule has 20 heavy (non-hydrogen) atoms. The zero-order valence-corrected chi connectivity index (χ0v) is 12.8. The Kier molecular flexibility index (Phi) is 4.29. The van der Waals surface area contributed by atoms with E-state index in [-0.39, 0.29) is 5.91 Å². The van der Waals surface area contributed by atoms with Crippen LogP contribution in [0.15, 0.2) is 40.9 Å². The topological polar surface area (TPSA) is 64.3 Å². The number of methoxy groups -OCH3 is 1. The van der Waals surface area contributed by atoms with E-state index in [2.05, 4.69) is 21.2 Å². The summed E-state index contributed by atoms with van der Waals surface area (Å²) in [5.41, 5.74) is 8.55. The Bertz CT molecular complexity index is 656. The highest BCUT2D eigenvalue weighted by Gasteiger charge is 2.09. The molecule has 0 fully saturated rings. The van der Waals surface area contributed by atoms with Gasteiger partial charge < -0.3 is 15.8 Å². The van der Waals surface area contributed by atoms with Crippen molar-refractivity contribution in [2.45, 2.75) is 6.92 Å². The Morgan fingerprint density at radius 2 is 2.00 bits per heavy atom. The molecule has 0 atom stereocenters. The van der Waals surface area contributed by atoms with Crippen molar-refractivity contribution in [2.24, 2.45) is 0 Å². The second kappa shape index (κ2) is 5.96. The van der Waals surface area contributed by atoms with Gasteiger partial charge in [0.05, 0.1) is 11.6 Å². The number of carbonyl (C=O) groups is 1. The van der Waals surface area contributed by atoms with Crippen LogP contribution in [0.2, 0.25) is 0 Å². The summed E-state index contributed by atoms with van der Waals surface area (Å²) in [5, 5.41) is 2.81. The highest BCUT2D eigenvalue weighted by atomic mass is 79.9. The van der Waals surface area contributed by atoms with Crippen LogP contribution in [0.25, 0.3) is 0 Å². The van der Waals surface area contributed by atoms with Crippen molar-refractivity contribution < 1.29 is 9.53 Å². The maximum Gasteiger partial charge on any atom is 0.255 e. The van der Waals surface area contributed by atoms with Crippen LogP contribution in [0, 0.1) is 6.92 Å². The second-order valence-corrected chi connectivity index (χ2v) is 5.23. The van der Waals surface area contributed by atoms with E-state index < -0.39 is 0 Å². The number of benzene rings is 2. The van der Waals surface area contributed by atoms with Gasteiger partial charge in [0.1, 0.15) is 5.75 Å². The summed E-state index contributed by atoms with van der Waals surface area (Å²) in [6.07, 6.45) is 0. The number of hydrogen-bond donors (Lipinski definition) is 2. The SMILES string of the molecule is COc1cc(NC(=O)c2ccc(C)c(N)c2)ccc1Br. The monoisotopic (exact) mass is 334 g/mol. The molecule has 0 spiro atoms. The Morgan fingerprint density at radius 1 is 1.25 bits per heavy atom. The molecule has 0 aliphatic heterocycles. The molecule has 0 aliphatic carbocycles. The molecule has 0 saturated heterocycles. The fourth-order valence-electron chi connectivity index (χ4n) is 1.72. The lowest BCUT2D eigenvalue weighted by atomic mass is 10.1. The molecule has 3 N–H and O–H groups in total. The molecule has 1 amide bonds. The lowest BCUT2D eigenvalue weighted by Gasteiger charge is -2.09. The van der Waals surface area contributed by atoms with E-state index in [1.54, 1.807) is 31.4 Å². The molecule has 104 valence electrons. The van der Waals surface area contributed by atoms with Gasteiger partial charge in [0.15, 0.2) is 0 Å². The van der Waals surface area contributed by atoms with E-state index in [0.717, 1.165) is 10.0 Å². The number of nitrogens with two attached hydrogens (primary N) is 1. The van der Waals surface area contributed by atoms with Crippen molar-refractivity contribution in [2.75, 3.05) is 18.2 Å². The van der Waals surface area contributed by atoms with Gasteiger partial charge in [-0.3, -0.25) is 4.79 Å². The number of aryl methyl sites for hydroxylation is 1. The van der Waals surface area contributed by atoms with E-state index in [9.17, 15) is 4.79 Å². The van der Waals surface area contributed by atoms with Crippen LogP contribution < -0.4 is 15.8 Å². The van der Waals surface area contributed by atoms with Crippen molar-refractivity contribution >= 4 is 33.2 Å². The smallest absolute Gasteiger partial charge is 0.255 e. The summed E-state index contributed by atoms with van der Waals surface area (Å²) in [7, 11) is 1.58. The van der Waals surface area contributed by atoms with E-state index in [1.807, 2.05) is 19.1 Å². The molecule has 2 rings (SSSR count). The molecule has 0 saturated carbocycles. The lowest BCUT2D eigenvalue weighted by Crippen LogP contribution is -2.12. The summed E-state index contributed by atoms with van der Waals surface area (Å²) in [6.45, 7) is 1.90. The van der Waals surface area contributed by atoms with Crippen molar-refractivity contribution in [3.8, 4) is 5.75 Å². The third-order valence-electron chi connectivity index (χ3n) is 2.95. The first-order chi connectivity index (χ1) is 9.51. The van der Waals surface area contributed by atoms with Crippen molar-refractivity contribution in [1.29, 1.82) is 0 Å². The summed E-state index contributed by atoms with van der Waals surface area (Å²) >= 11 is 3.37. The van der Waals surface area contributed by atoms with Crippen molar-refractivity contribution in [3.63, 3.8) is 0 Å². The minimum absolute atomic E-state index is 0.207. The number of nitrogens with one attached hydrogen (secondary N) is 1. The average Bonchev–Trinajstić information content (AvgIpc) is 2.43. The highest BCUT2D eigenvalue weighted by molar-refractivity contribution is 9.10. The first kappa shape index (κ1) is 14.4. The molecule has 2 aromatic carbocycles. The Balaban J connectivity index is 2.21. The van der Waals surface area contributed by atoms with Gasteiger partial charge in [0.25, 0.3) is 5.91 Å². The van der Waals surface area contributed by atoms with Crippen LogP contribution in [0.5, 0.6) is 5.75 Å². The molecule has 0 aliphatic rings. The van der Waals surface area contributed by atoms with Crippen molar-refractivity contribution in [3.05, 3.63) is 52.0 Å². The first-order valence-corrected chi connectivity index (χ1v) is 6.81. The summed E-state index contributed by atoms with van der Waals surface area (Å²) in [5.74, 6) is 0.451. The Labute approximate surface area is 126 Å².